The molecule has 1 aromatic heterocycles. The molecule has 1 atom stereocenters. The highest BCUT2D eigenvalue weighted by molar-refractivity contribution is 6.30. The lowest BCUT2D eigenvalue weighted by atomic mass is 10.1. The van der Waals surface area contributed by atoms with Crippen LogP contribution in [-0.4, -0.2) is 23.5 Å². The van der Waals surface area contributed by atoms with E-state index in [4.69, 9.17) is 11.6 Å². The second kappa shape index (κ2) is 8.53. The molecular formula is C18H22ClN3O. The maximum absolute atomic E-state index is 12.0. The van der Waals surface area contributed by atoms with Crippen molar-refractivity contribution in [2.45, 2.75) is 32.7 Å². The number of hydrogen-bond donors (Lipinski definition) is 2. The molecule has 0 bridgehead atoms. The van der Waals surface area contributed by atoms with Crippen LogP contribution in [-0.2, 0) is 6.42 Å². The van der Waals surface area contributed by atoms with E-state index in [1.165, 1.54) is 5.56 Å². The van der Waals surface area contributed by atoms with Crippen LogP contribution in [0.4, 0.5) is 5.82 Å². The predicted molar refractivity (Wildman–Crippen MR) is 95.1 cm³/mol. The monoisotopic (exact) mass is 331 g/mol. The topological polar surface area (TPSA) is 54.0 Å². The first kappa shape index (κ1) is 17.3. The second-order valence-electron chi connectivity index (χ2n) is 5.52. The Hall–Kier alpha value is -2.07. The smallest absolute Gasteiger partial charge is 0.253 e. The third-order valence-electron chi connectivity index (χ3n) is 3.65. The third-order valence-corrected chi connectivity index (χ3v) is 3.90. The van der Waals surface area contributed by atoms with Crippen LogP contribution in [0.5, 0.6) is 0 Å². The van der Waals surface area contributed by atoms with E-state index in [2.05, 4.69) is 15.6 Å². The zero-order valence-corrected chi connectivity index (χ0v) is 14.2. The van der Waals surface area contributed by atoms with Gasteiger partial charge in [0, 0.05) is 23.8 Å². The molecule has 2 rings (SSSR count). The molecule has 0 radical (unpaired) electrons. The summed E-state index contributed by atoms with van der Waals surface area (Å²) in [4.78, 5) is 16.3. The lowest BCUT2D eigenvalue weighted by molar-refractivity contribution is 0.0939. The third kappa shape index (κ3) is 5.57. The highest BCUT2D eigenvalue weighted by Gasteiger charge is 2.08. The Labute approximate surface area is 142 Å². The zero-order chi connectivity index (χ0) is 16.7. The van der Waals surface area contributed by atoms with Gasteiger partial charge in [0.15, 0.2) is 0 Å². The molecule has 23 heavy (non-hydrogen) atoms. The summed E-state index contributed by atoms with van der Waals surface area (Å²) >= 11 is 5.86. The van der Waals surface area contributed by atoms with Crippen molar-refractivity contribution < 1.29 is 4.79 Å². The number of nitrogens with one attached hydrogen (secondary N) is 2. The van der Waals surface area contributed by atoms with Crippen LogP contribution in [0.25, 0.3) is 0 Å². The van der Waals surface area contributed by atoms with E-state index in [9.17, 15) is 4.79 Å². The maximum atomic E-state index is 12.0. The van der Waals surface area contributed by atoms with Crippen molar-refractivity contribution in [1.29, 1.82) is 0 Å². The summed E-state index contributed by atoms with van der Waals surface area (Å²) in [6.07, 6.45) is 3.39. The molecule has 1 aromatic carbocycles. The lowest BCUT2D eigenvalue weighted by Crippen LogP contribution is -2.31. The first-order valence-electron chi connectivity index (χ1n) is 7.83. The number of anilines is 1. The van der Waals surface area contributed by atoms with Crippen molar-refractivity contribution in [1.82, 2.24) is 10.3 Å². The number of hydrogen-bond acceptors (Lipinski definition) is 3. The zero-order valence-electron chi connectivity index (χ0n) is 13.5. The van der Waals surface area contributed by atoms with Crippen molar-refractivity contribution in [3.63, 3.8) is 0 Å². The van der Waals surface area contributed by atoms with Gasteiger partial charge in [-0.05, 0) is 49.6 Å². The second-order valence-corrected chi connectivity index (χ2v) is 5.95. The van der Waals surface area contributed by atoms with Crippen LogP contribution in [0, 0.1) is 0 Å². The minimum atomic E-state index is -0.0837. The van der Waals surface area contributed by atoms with Crippen LogP contribution in [0.3, 0.4) is 0 Å². The molecule has 0 spiro atoms. The highest BCUT2D eigenvalue weighted by atomic mass is 35.5. The molecule has 1 unspecified atom stereocenters. The van der Waals surface area contributed by atoms with Crippen molar-refractivity contribution in [3.05, 3.63) is 58.7 Å². The minimum absolute atomic E-state index is 0.0837. The number of pyridine rings is 1. The van der Waals surface area contributed by atoms with Gasteiger partial charge in [0.25, 0.3) is 5.91 Å². The Balaban J connectivity index is 1.82. The molecule has 1 heterocycles. The first-order chi connectivity index (χ1) is 11.1. The number of carbonyl (C=O) groups is 1. The van der Waals surface area contributed by atoms with Crippen molar-refractivity contribution in [2.24, 2.45) is 0 Å². The summed E-state index contributed by atoms with van der Waals surface area (Å²) in [5.74, 6) is 0.679. The van der Waals surface area contributed by atoms with E-state index in [1.807, 2.05) is 44.2 Å². The van der Waals surface area contributed by atoms with Gasteiger partial charge in [-0.15, -0.1) is 0 Å². The molecule has 2 N–H and O–H groups in total. The van der Waals surface area contributed by atoms with E-state index in [-0.39, 0.29) is 11.9 Å². The molecule has 0 fully saturated rings. The van der Waals surface area contributed by atoms with E-state index in [0.29, 0.717) is 5.56 Å². The fourth-order valence-corrected chi connectivity index (χ4v) is 2.15. The fourth-order valence-electron chi connectivity index (χ4n) is 2.03. The Morgan fingerprint density at radius 1 is 1.22 bits per heavy atom. The number of carbonyl (C=O) groups excluding carboxylic acids is 1. The average Bonchev–Trinajstić information content (AvgIpc) is 2.57. The molecule has 0 saturated carbocycles. The summed E-state index contributed by atoms with van der Waals surface area (Å²) in [5, 5.41) is 6.92. The molecule has 0 aliphatic rings. The van der Waals surface area contributed by atoms with E-state index in [0.717, 1.165) is 30.2 Å². The van der Waals surface area contributed by atoms with Crippen LogP contribution in [0.2, 0.25) is 5.02 Å². The first-order valence-corrected chi connectivity index (χ1v) is 8.21. The van der Waals surface area contributed by atoms with Crippen molar-refractivity contribution >= 4 is 23.3 Å². The summed E-state index contributed by atoms with van der Waals surface area (Å²) in [6.45, 7) is 4.79. The van der Waals surface area contributed by atoms with Gasteiger partial charge in [-0.1, -0.05) is 30.7 Å². The fraction of sp³-hybridized carbons (Fsp3) is 0.333. The molecule has 4 nitrogen and oxygen atoms in total. The van der Waals surface area contributed by atoms with E-state index < -0.39 is 0 Å². The Morgan fingerprint density at radius 2 is 1.96 bits per heavy atom. The van der Waals surface area contributed by atoms with Crippen LogP contribution < -0.4 is 10.6 Å². The largest absolute Gasteiger partial charge is 0.370 e. The van der Waals surface area contributed by atoms with Gasteiger partial charge in [0.05, 0.1) is 5.56 Å². The maximum Gasteiger partial charge on any atom is 0.253 e. The molecule has 0 aliphatic heterocycles. The number of halogens is 1. The van der Waals surface area contributed by atoms with Crippen LogP contribution in [0.1, 0.15) is 36.2 Å². The van der Waals surface area contributed by atoms with E-state index in [1.54, 1.807) is 12.3 Å². The van der Waals surface area contributed by atoms with Crippen LogP contribution >= 0.6 is 11.6 Å². The Bertz CT molecular complexity index is 626. The Kier molecular flexibility index (Phi) is 6.41. The normalized spacial score (nSPS) is 11.8. The molecule has 0 saturated heterocycles. The predicted octanol–water partition coefficient (Wildman–Crippen LogP) is 3.92. The summed E-state index contributed by atoms with van der Waals surface area (Å²) in [6, 6.07) is 11.6. The number of benzene rings is 1. The van der Waals surface area contributed by atoms with Crippen LogP contribution in [0.15, 0.2) is 42.6 Å². The minimum Gasteiger partial charge on any atom is -0.370 e. The summed E-state index contributed by atoms with van der Waals surface area (Å²) in [5.41, 5.74) is 1.79. The molecule has 5 heteroatoms. The number of aromatic nitrogens is 1. The molecule has 1 amide bonds. The van der Waals surface area contributed by atoms with Gasteiger partial charge in [-0.3, -0.25) is 4.79 Å². The van der Waals surface area contributed by atoms with Gasteiger partial charge in [-0.25, -0.2) is 4.98 Å². The molecule has 0 aliphatic carbocycles. The number of rotatable bonds is 7. The van der Waals surface area contributed by atoms with Crippen molar-refractivity contribution in [3.8, 4) is 0 Å². The van der Waals surface area contributed by atoms with E-state index >= 15 is 0 Å². The van der Waals surface area contributed by atoms with Gasteiger partial charge >= 0.3 is 0 Å². The van der Waals surface area contributed by atoms with Gasteiger partial charge < -0.3 is 10.6 Å². The quantitative estimate of drug-likeness (QED) is 0.808. The molecule has 122 valence electrons. The van der Waals surface area contributed by atoms with Crippen molar-refractivity contribution in [2.75, 3.05) is 11.9 Å². The summed E-state index contributed by atoms with van der Waals surface area (Å²) in [7, 11) is 0. The number of nitrogens with zero attached hydrogens (tertiary/aromatic N) is 1. The van der Waals surface area contributed by atoms with Gasteiger partial charge in [0.1, 0.15) is 5.82 Å². The highest BCUT2D eigenvalue weighted by Crippen LogP contribution is 2.10. The SMILES string of the molecule is CCC(C)NC(=O)c1ccc(NCCc2ccc(Cl)cc2)nc1. The number of amides is 1. The Morgan fingerprint density at radius 3 is 2.57 bits per heavy atom. The summed E-state index contributed by atoms with van der Waals surface area (Å²) < 4.78 is 0. The average molecular weight is 332 g/mol. The van der Waals surface area contributed by atoms with Gasteiger partial charge in [-0.2, -0.15) is 0 Å². The molecule has 2 aromatic rings. The lowest BCUT2D eigenvalue weighted by Gasteiger charge is -2.11. The van der Waals surface area contributed by atoms with Gasteiger partial charge in [0.2, 0.25) is 0 Å². The molecular weight excluding hydrogens is 310 g/mol. The standard InChI is InChI=1S/C18H22ClN3O/c1-3-13(2)22-18(23)15-6-9-17(21-12-15)20-11-10-14-4-7-16(19)8-5-14/h4-9,12-13H,3,10-11H2,1-2H3,(H,20,21)(H,22,23).